The molecule has 0 aliphatic heterocycles. The van der Waals surface area contributed by atoms with Gasteiger partial charge in [-0.1, -0.05) is 19.1 Å². The van der Waals surface area contributed by atoms with Crippen molar-refractivity contribution in [2.75, 3.05) is 25.9 Å². The molecule has 2 nitrogen and oxygen atoms in total. The molecule has 1 rings (SSSR count). The Bertz CT molecular complexity index is 254. The molecule has 1 aromatic rings. The highest BCUT2D eigenvalue weighted by molar-refractivity contribution is 5.39. The number of nitrogens with zero attached hydrogens (tertiary/aromatic N) is 1. The molecule has 2 heteroatoms. The Morgan fingerprint density at radius 2 is 1.79 bits per heavy atom. The molecule has 0 fully saturated rings. The van der Waals surface area contributed by atoms with Crippen LogP contribution in [0.1, 0.15) is 18.9 Å². The fraction of sp³-hybridized carbons (Fsp3) is 0.500. The van der Waals surface area contributed by atoms with E-state index in [1.54, 1.807) is 0 Å². The average Bonchev–Trinajstić information content (AvgIpc) is 2.17. The fourth-order valence-corrected chi connectivity index (χ4v) is 1.50. The lowest BCUT2D eigenvalue weighted by Crippen LogP contribution is -2.21. The van der Waals surface area contributed by atoms with Crippen molar-refractivity contribution < 1.29 is 0 Å². The van der Waals surface area contributed by atoms with Crippen LogP contribution in [0.3, 0.4) is 0 Å². The first-order chi connectivity index (χ1) is 6.72. The van der Waals surface area contributed by atoms with Crippen LogP contribution in [0.15, 0.2) is 24.3 Å². The summed E-state index contributed by atoms with van der Waals surface area (Å²) in [5.74, 6) is 0. The number of benzene rings is 1. The van der Waals surface area contributed by atoms with Gasteiger partial charge in [0, 0.05) is 12.2 Å². The average molecular weight is 192 g/mol. The summed E-state index contributed by atoms with van der Waals surface area (Å²) >= 11 is 0. The van der Waals surface area contributed by atoms with E-state index in [-0.39, 0.29) is 0 Å². The third-order valence-electron chi connectivity index (χ3n) is 2.37. The molecule has 0 saturated heterocycles. The van der Waals surface area contributed by atoms with E-state index in [1.165, 1.54) is 18.5 Å². The van der Waals surface area contributed by atoms with Crippen molar-refractivity contribution in [1.82, 2.24) is 4.90 Å². The molecule has 0 bridgehead atoms. The monoisotopic (exact) mass is 192 g/mol. The van der Waals surface area contributed by atoms with E-state index in [0.717, 1.165) is 18.7 Å². The van der Waals surface area contributed by atoms with Crippen molar-refractivity contribution >= 4 is 5.69 Å². The largest absolute Gasteiger partial charge is 0.399 e. The van der Waals surface area contributed by atoms with E-state index in [9.17, 15) is 0 Å². The molecule has 14 heavy (non-hydrogen) atoms. The third-order valence-corrected chi connectivity index (χ3v) is 2.37. The van der Waals surface area contributed by atoms with Crippen molar-refractivity contribution in [3.05, 3.63) is 29.8 Å². The van der Waals surface area contributed by atoms with Gasteiger partial charge in [-0.05, 0) is 44.1 Å². The van der Waals surface area contributed by atoms with Crippen molar-refractivity contribution in [1.29, 1.82) is 0 Å². The van der Waals surface area contributed by atoms with E-state index in [4.69, 9.17) is 5.73 Å². The predicted molar refractivity (Wildman–Crippen MR) is 62.3 cm³/mol. The van der Waals surface area contributed by atoms with Crippen molar-refractivity contribution in [2.45, 2.75) is 19.8 Å². The summed E-state index contributed by atoms with van der Waals surface area (Å²) in [4.78, 5) is 2.36. The molecule has 78 valence electrons. The zero-order valence-electron chi connectivity index (χ0n) is 9.16. The predicted octanol–water partition coefficient (Wildman–Crippen LogP) is 2.15. The number of rotatable bonds is 5. The van der Waals surface area contributed by atoms with Crippen molar-refractivity contribution in [3.8, 4) is 0 Å². The normalized spacial score (nSPS) is 10.8. The van der Waals surface area contributed by atoms with Gasteiger partial charge >= 0.3 is 0 Å². The summed E-state index contributed by atoms with van der Waals surface area (Å²) < 4.78 is 0. The van der Waals surface area contributed by atoms with Crippen LogP contribution in [-0.4, -0.2) is 25.0 Å². The topological polar surface area (TPSA) is 29.3 Å². The zero-order chi connectivity index (χ0) is 10.4. The molecule has 0 aliphatic carbocycles. The Morgan fingerprint density at radius 1 is 1.14 bits per heavy atom. The Hall–Kier alpha value is -1.02. The van der Waals surface area contributed by atoms with Gasteiger partial charge in [-0.2, -0.15) is 0 Å². The van der Waals surface area contributed by atoms with E-state index in [0.29, 0.717) is 0 Å². The van der Waals surface area contributed by atoms with E-state index in [2.05, 4.69) is 31.0 Å². The highest BCUT2D eigenvalue weighted by atomic mass is 15.1. The molecule has 0 unspecified atom stereocenters. The zero-order valence-corrected chi connectivity index (χ0v) is 9.16. The number of nitrogen functional groups attached to an aromatic ring is 1. The Balaban J connectivity index is 2.34. The second-order valence-corrected chi connectivity index (χ2v) is 3.79. The maximum Gasteiger partial charge on any atom is 0.0314 e. The van der Waals surface area contributed by atoms with Crippen LogP contribution in [0.4, 0.5) is 5.69 Å². The summed E-state index contributed by atoms with van der Waals surface area (Å²) in [6.07, 6.45) is 2.33. The van der Waals surface area contributed by atoms with Crippen LogP contribution in [0, 0.1) is 0 Å². The minimum Gasteiger partial charge on any atom is -0.399 e. The molecule has 0 aromatic heterocycles. The second kappa shape index (κ2) is 5.66. The highest BCUT2D eigenvalue weighted by Crippen LogP contribution is 2.06. The minimum atomic E-state index is 0.843. The second-order valence-electron chi connectivity index (χ2n) is 3.79. The van der Waals surface area contributed by atoms with Gasteiger partial charge in [-0.3, -0.25) is 0 Å². The van der Waals surface area contributed by atoms with Crippen LogP contribution in [-0.2, 0) is 6.42 Å². The van der Waals surface area contributed by atoms with Crippen LogP contribution in [0.2, 0.25) is 0 Å². The highest BCUT2D eigenvalue weighted by Gasteiger charge is 1.97. The van der Waals surface area contributed by atoms with Crippen molar-refractivity contribution in [2.24, 2.45) is 0 Å². The molecule has 0 heterocycles. The Morgan fingerprint density at radius 3 is 2.36 bits per heavy atom. The SMILES string of the molecule is CCCN(C)CCc1ccc(N)cc1. The van der Waals surface area contributed by atoms with Gasteiger partial charge < -0.3 is 10.6 Å². The Kier molecular flexibility index (Phi) is 4.47. The lowest BCUT2D eigenvalue weighted by Gasteiger charge is -2.14. The van der Waals surface area contributed by atoms with Gasteiger partial charge in [0.25, 0.3) is 0 Å². The molecule has 0 spiro atoms. The number of likely N-dealkylation sites (N-methyl/N-ethyl adjacent to an activating group) is 1. The van der Waals surface area contributed by atoms with Crippen LogP contribution in [0.25, 0.3) is 0 Å². The maximum atomic E-state index is 5.62. The summed E-state index contributed by atoms with van der Waals surface area (Å²) in [5, 5.41) is 0. The lowest BCUT2D eigenvalue weighted by molar-refractivity contribution is 0.339. The molecular formula is C12H20N2. The summed E-state index contributed by atoms with van der Waals surface area (Å²) in [5.41, 5.74) is 7.83. The van der Waals surface area contributed by atoms with Gasteiger partial charge in [-0.25, -0.2) is 0 Å². The van der Waals surface area contributed by atoms with Crippen molar-refractivity contribution in [3.63, 3.8) is 0 Å². The first-order valence-corrected chi connectivity index (χ1v) is 5.25. The summed E-state index contributed by atoms with van der Waals surface area (Å²) in [7, 11) is 2.17. The van der Waals surface area contributed by atoms with E-state index < -0.39 is 0 Å². The quantitative estimate of drug-likeness (QED) is 0.724. The minimum absolute atomic E-state index is 0.843. The van der Waals surface area contributed by atoms with E-state index in [1.807, 2.05) is 12.1 Å². The molecular weight excluding hydrogens is 172 g/mol. The van der Waals surface area contributed by atoms with Gasteiger partial charge in [0.05, 0.1) is 0 Å². The summed E-state index contributed by atoms with van der Waals surface area (Å²) in [6, 6.07) is 8.15. The fourth-order valence-electron chi connectivity index (χ4n) is 1.50. The number of anilines is 1. The van der Waals surface area contributed by atoms with Crippen LogP contribution < -0.4 is 5.73 Å². The maximum absolute atomic E-state index is 5.62. The molecule has 0 atom stereocenters. The van der Waals surface area contributed by atoms with Gasteiger partial charge in [0.1, 0.15) is 0 Å². The molecule has 0 aliphatic rings. The van der Waals surface area contributed by atoms with Gasteiger partial charge in [0.15, 0.2) is 0 Å². The van der Waals surface area contributed by atoms with Crippen LogP contribution in [0.5, 0.6) is 0 Å². The van der Waals surface area contributed by atoms with Crippen LogP contribution >= 0.6 is 0 Å². The standard InChI is InChI=1S/C12H20N2/c1-3-9-14(2)10-8-11-4-6-12(13)7-5-11/h4-7H,3,8-10,13H2,1-2H3. The Labute approximate surface area is 86.7 Å². The summed E-state index contributed by atoms with van der Waals surface area (Å²) in [6.45, 7) is 4.51. The molecule has 2 N–H and O–H groups in total. The number of nitrogens with two attached hydrogens (primary N) is 1. The first-order valence-electron chi connectivity index (χ1n) is 5.25. The smallest absolute Gasteiger partial charge is 0.0314 e. The molecule has 0 saturated carbocycles. The number of hydrogen-bond acceptors (Lipinski definition) is 2. The van der Waals surface area contributed by atoms with E-state index >= 15 is 0 Å². The van der Waals surface area contributed by atoms with Gasteiger partial charge in [0.2, 0.25) is 0 Å². The first kappa shape index (κ1) is 11.1. The molecule has 0 radical (unpaired) electrons. The lowest BCUT2D eigenvalue weighted by atomic mass is 10.1. The third kappa shape index (κ3) is 3.79. The van der Waals surface area contributed by atoms with Gasteiger partial charge in [-0.15, -0.1) is 0 Å². The molecule has 1 aromatic carbocycles. The molecule has 0 amide bonds. The number of hydrogen-bond donors (Lipinski definition) is 1.